The van der Waals surface area contributed by atoms with E-state index in [2.05, 4.69) is 32.7 Å². The van der Waals surface area contributed by atoms with E-state index in [0.29, 0.717) is 32.8 Å². The molecule has 2 aliphatic rings. The van der Waals surface area contributed by atoms with Gasteiger partial charge in [-0.2, -0.15) is 19.0 Å². The fraction of sp³-hybridized carbons (Fsp3) is 0.368. The number of aliphatic hydroxyl groups is 1. The summed E-state index contributed by atoms with van der Waals surface area (Å²) in [5, 5.41) is 24.2. The molecule has 0 bridgehead atoms. The van der Waals surface area contributed by atoms with Crippen molar-refractivity contribution in [3.8, 4) is 23.0 Å². The van der Waals surface area contributed by atoms with Gasteiger partial charge in [0.05, 0.1) is 23.8 Å². The molecule has 55 heavy (non-hydrogen) atoms. The van der Waals surface area contributed by atoms with E-state index in [-0.39, 0.29) is 41.2 Å². The molecule has 1 saturated carbocycles. The summed E-state index contributed by atoms with van der Waals surface area (Å²) in [7, 11) is 1.58. The molecular formula is C38H33F8N7O2. The van der Waals surface area contributed by atoms with Crippen molar-refractivity contribution in [1.82, 2.24) is 29.9 Å². The minimum Gasteiger partial charge on any atom is -0.378 e. The maximum absolute atomic E-state index is 15.3. The lowest BCUT2D eigenvalue weighted by Gasteiger charge is -2.23. The van der Waals surface area contributed by atoms with Gasteiger partial charge in [-0.05, 0) is 74.4 Å². The number of anilines is 1. The standard InChI is InChI=1S/C38H33F8N7O2/c1-37(2,55)10-9-21-7-8-22(23-5-4-6-24-33(23)52(3)51-36(24)47-16-28(41)42)31(48-21)27(13-18-11-19(39)14-20(40)12-18)49-29(54)17-53-34-30(32(50-53)35(43)44)25-15-26(25)38(34,45)46/h4-8,11-12,14,25-28,35,55H,13,15-17H2,1-3H3,(H,47,51)(H,49,54)/t25-,26+,27-/m0/s1. The molecule has 0 spiro atoms. The van der Waals surface area contributed by atoms with Crippen molar-refractivity contribution < 1.29 is 45.0 Å². The van der Waals surface area contributed by atoms with Gasteiger partial charge in [0.2, 0.25) is 5.91 Å². The molecule has 1 amide bonds. The van der Waals surface area contributed by atoms with E-state index in [0.717, 1.165) is 12.1 Å². The van der Waals surface area contributed by atoms with Crippen LogP contribution in [0.1, 0.15) is 72.6 Å². The molecule has 3 aromatic heterocycles. The van der Waals surface area contributed by atoms with E-state index >= 15 is 8.78 Å². The summed E-state index contributed by atoms with van der Waals surface area (Å²) >= 11 is 0. The molecule has 2 aromatic carbocycles. The highest BCUT2D eigenvalue weighted by atomic mass is 19.3. The van der Waals surface area contributed by atoms with Crippen molar-refractivity contribution in [2.24, 2.45) is 13.0 Å². The number of para-hydroxylation sites is 1. The van der Waals surface area contributed by atoms with Crippen LogP contribution >= 0.6 is 0 Å². The van der Waals surface area contributed by atoms with Crippen molar-refractivity contribution in [2.45, 2.75) is 69.6 Å². The van der Waals surface area contributed by atoms with E-state index in [1.165, 1.54) is 24.6 Å². The van der Waals surface area contributed by atoms with Gasteiger partial charge in [0, 0.05) is 41.1 Å². The monoisotopic (exact) mass is 771 g/mol. The first-order valence-electron chi connectivity index (χ1n) is 17.2. The minimum atomic E-state index is -3.49. The van der Waals surface area contributed by atoms with Crippen LogP contribution in [0.4, 0.5) is 40.9 Å². The third-order valence-electron chi connectivity index (χ3n) is 9.49. The average Bonchev–Trinajstić information content (AvgIpc) is 3.64. The largest absolute Gasteiger partial charge is 0.378 e. The van der Waals surface area contributed by atoms with Crippen molar-refractivity contribution in [3.05, 3.63) is 94.1 Å². The number of hydrogen-bond donors (Lipinski definition) is 3. The van der Waals surface area contributed by atoms with Crippen molar-refractivity contribution in [2.75, 3.05) is 11.9 Å². The molecule has 0 aliphatic heterocycles. The van der Waals surface area contributed by atoms with Gasteiger partial charge in [0.1, 0.15) is 40.9 Å². The molecule has 7 rings (SSSR count). The number of carbonyl (C=O) groups is 1. The lowest BCUT2D eigenvalue weighted by molar-refractivity contribution is -0.123. The normalized spacial score (nSPS) is 17.6. The highest BCUT2D eigenvalue weighted by Crippen LogP contribution is 2.68. The van der Waals surface area contributed by atoms with Crippen LogP contribution in [0.15, 0.2) is 48.5 Å². The fourth-order valence-electron chi connectivity index (χ4n) is 7.25. The highest BCUT2D eigenvalue weighted by molar-refractivity contribution is 6.00. The molecule has 1 fully saturated rings. The Bertz CT molecular complexity index is 2350. The molecule has 17 heteroatoms. The Hall–Kier alpha value is -5.50. The second-order valence-corrected chi connectivity index (χ2v) is 14.2. The molecule has 0 unspecified atom stereocenters. The molecule has 5 aromatic rings. The lowest BCUT2D eigenvalue weighted by Crippen LogP contribution is -2.35. The first-order chi connectivity index (χ1) is 25.9. The molecular weight excluding hydrogens is 738 g/mol. The van der Waals surface area contributed by atoms with Gasteiger partial charge >= 0.3 is 0 Å². The quantitative estimate of drug-likeness (QED) is 0.0973. The van der Waals surface area contributed by atoms with E-state index in [9.17, 15) is 36.2 Å². The Morgan fingerprint density at radius 1 is 1.04 bits per heavy atom. The molecule has 2 aliphatic carbocycles. The van der Waals surface area contributed by atoms with Gasteiger partial charge in [-0.1, -0.05) is 18.1 Å². The number of carbonyl (C=O) groups excluding carboxylic acids is 1. The van der Waals surface area contributed by atoms with Gasteiger partial charge in [0.15, 0.2) is 5.82 Å². The van der Waals surface area contributed by atoms with Crippen molar-refractivity contribution >= 4 is 22.6 Å². The zero-order valence-electron chi connectivity index (χ0n) is 29.4. The lowest BCUT2D eigenvalue weighted by atomic mass is 9.93. The predicted molar refractivity (Wildman–Crippen MR) is 184 cm³/mol. The Morgan fingerprint density at radius 3 is 2.44 bits per heavy atom. The van der Waals surface area contributed by atoms with Crippen molar-refractivity contribution in [1.29, 1.82) is 0 Å². The summed E-state index contributed by atoms with van der Waals surface area (Å²) < 4.78 is 116. The maximum atomic E-state index is 15.3. The molecule has 0 saturated heterocycles. The number of nitrogens with one attached hydrogen (secondary N) is 2. The SMILES string of the molecule is Cn1nc(NCC(F)F)c2cccc(-c3ccc(C#CC(C)(C)O)nc3[C@H](Cc3cc(F)cc(F)c3)NC(=O)Cn3nc(C(F)F)c4c3C(F)(F)[C@@H]3C[C@H]43)c21. The average molecular weight is 772 g/mol. The van der Waals surface area contributed by atoms with Crippen LogP contribution in [-0.2, 0) is 30.7 Å². The molecule has 3 atom stereocenters. The van der Waals surface area contributed by atoms with E-state index < -0.39 is 84.3 Å². The Labute approximate surface area is 308 Å². The summed E-state index contributed by atoms with van der Waals surface area (Å²) in [5.41, 5.74) is -1.79. The molecule has 3 heterocycles. The Morgan fingerprint density at radius 2 is 1.76 bits per heavy atom. The smallest absolute Gasteiger partial charge is 0.293 e. The number of fused-ring (bicyclic) bond motifs is 4. The molecule has 288 valence electrons. The molecule has 9 nitrogen and oxygen atoms in total. The number of aryl methyl sites for hydroxylation is 1. The third kappa shape index (κ3) is 7.47. The number of benzene rings is 2. The summed E-state index contributed by atoms with van der Waals surface area (Å²) in [5.74, 6) is -2.68. The van der Waals surface area contributed by atoms with Crippen LogP contribution in [0.5, 0.6) is 0 Å². The minimum absolute atomic E-state index is 0.0260. The summed E-state index contributed by atoms with van der Waals surface area (Å²) in [4.78, 5) is 18.6. The summed E-state index contributed by atoms with van der Waals surface area (Å²) in [6, 6.07) is 9.53. The Kier molecular flexibility index (Phi) is 9.60. The summed E-state index contributed by atoms with van der Waals surface area (Å²) in [6.07, 6.45) is -6.12. The first-order valence-corrected chi connectivity index (χ1v) is 17.2. The molecule has 3 N–H and O–H groups in total. The topological polar surface area (TPSA) is 110 Å². The van der Waals surface area contributed by atoms with Crippen LogP contribution in [0.2, 0.25) is 0 Å². The van der Waals surface area contributed by atoms with Gasteiger partial charge in [-0.3, -0.25) is 14.2 Å². The Balaban J connectivity index is 1.35. The first kappa shape index (κ1) is 37.8. The van der Waals surface area contributed by atoms with E-state index in [1.807, 2.05) is 0 Å². The number of amides is 1. The second-order valence-electron chi connectivity index (χ2n) is 14.2. The van der Waals surface area contributed by atoms with Crippen LogP contribution in [0.25, 0.3) is 22.0 Å². The fourth-order valence-corrected chi connectivity index (χ4v) is 7.25. The zero-order chi connectivity index (χ0) is 39.6. The number of alkyl halides is 6. The number of aromatic nitrogens is 5. The number of halogens is 8. The third-order valence-corrected chi connectivity index (χ3v) is 9.49. The van der Waals surface area contributed by atoms with Crippen LogP contribution in [-0.4, -0.2) is 54.1 Å². The van der Waals surface area contributed by atoms with Gasteiger partial charge in [-0.25, -0.2) is 31.3 Å². The van der Waals surface area contributed by atoms with Gasteiger partial charge in [-0.15, -0.1) is 0 Å². The summed E-state index contributed by atoms with van der Waals surface area (Å²) in [6.45, 7) is 1.31. The second kappa shape index (κ2) is 14.0. The number of nitrogens with zero attached hydrogens (tertiary/aromatic N) is 5. The van der Waals surface area contributed by atoms with E-state index in [1.54, 1.807) is 31.3 Å². The van der Waals surface area contributed by atoms with Crippen LogP contribution in [0.3, 0.4) is 0 Å². The predicted octanol–water partition coefficient (Wildman–Crippen LogP) is 7.16. The van der Waals surface area contributed by atoms with Gasteiger partial charge < -0.3 is 15.7 Å². The maximum Gasteiger partial charge on any atom is 0.293 e. The number of hydrogen-bond acceptors (Lipinski definition) is 6. The van der Waals surface area contributed by atoms with Crippen molar-refractivity contribution in [3.63, 3.8) is 0 Å². The highest BCUT2D eigenvalue weighted by Gasteiger charge is 2.67. The van der Waals surface area contributed by atoms with Gasteiger partial charge in [0.25, 0.3) is 18.8 Å². The zero-order valence-corrected chi connectivity index (χ0v) is 29.4. The number of pyridine rings is 1. The van der Waals surface area contributed by atoms with E-state index in [4.69, 9.17) is 4.98 Å². The molecule has 0 radical (unpaired) electrons. The van der Waals surface area contributed by atoms with Crippen LogP contribution in [0, 0.1) is 29.4 Å². The van der Waals surface area contributed by atoms with Crippen LogP contribution < -0.4 is 10.6 Å². The number of rotatable bonds is 11.